The highest BCUT2D eigenvalue weighted by Gasteiger charge is 2.41. The fraction of sp³-hybridized carbons (Fsp3) is 0.350. The molecule has 0 aromatic heterocycles. The molecule has 3 heteroatoms. The van der Waals surface area contributed by atoms with Crippen molar-refractivity contribution in [2.75, 3.05) is 6.54 Å². The van der Waals surface area contributed by atoms with Gasteiger partial charge in [-0.15, -0.1) is 0 Å². The summed E-state index contributed by atoms with van der Waals surface area (Å²) in [6.07, 6.45) is 2.73. The van der Waals surface area contributed by atoms with Crippen molar-refractivity contribution >= 4 is 5.91 Å². The lowest BCUT2D eigenvalue weighted by Crippen LogP contribution is -2.53. The lowest BCUT2D eigenvalue weighted by Gasteiger charge is -2.29. The van der Waals surface area contributed by atoms with Crippen molar-refractivity contribution in [3.8, 4) is 11.1 Å². The van der Waals surface area contributed by atoms with E-state index in [2.05, 4.69) is 36.5 Å². The van der Waals surface area contributed by atoms with Gasteiger partial charge < -0.3 is 11.1 Å². The zero-order valence-corrected chi connectivity index (χ0v) is 13.6. The molecule has 0 saturated heterocycles. The van der Waals surface area contributed by atoms with Gasteiger partial charge >= 0.3 is 0 Å². The highest BCUT2D eigenvalue weighted by Crippen LogP contribution is 2.39. The number of nitrogens with two attached hydrogens (primary N) is 1. The Morgan fingerprint density at radius 2 is 1.70 bits per heavy atom. The van der Waals surface area contributed by atoms with Gasteiger partial charge in [-0.3, -0.25) is 4.79 Å². The van der Waals surface area contributed by atoms with Crippen LogP contribution in [0.25, 0.3) is 11.1 Å². The maximum absolute atomic E-state index is 12.3. The minimum absolute atomic E-state index is 0.0531. The molecule has 1 fully saturated rings. The molecule has 0 bridgehead atoms. The average molecular weight is 308 g/mol. The van der Waals surface area contributed by atoms with E-state index in [0.29, 0.717) is 18.9 Å². The van der Waals surface area contributed by atoms with Crippen LogP contribution in [0.5, 0.6) is 0 Å². The van der Waals surface area contributed by atoms with E-state index in [4.69, 9.17) is 5.73 Å². The summed E-state index contributed by atoms with van der Waals surface area (Å²) in [5.41, 5.74) is 8.99. The van der Waals surface area contributed by atoms with Crippen molar-refractivity contribution in [1.82, 2.24) is 5.32 Å². The molecule has 2 aromatic carbocycles. The molecule has 0 spiro atoms. The maximum atomic E-state index is 12.3. The van der Waals surface area contributed by atoms with Gasteiger partial charge in [0.2, 0.25) is 5.91 Å². The molecule has 120 valence electrons. The van der Waals surface area contributed by atoms with E-state index in [1.807, 2.05) is 30.3 Å². The summed E-state index contributed by atoms with van der Waals surface area (Å²) in [6, 6.07) is 18.4. The van der Waals surface area contributed by atoms with Crippen molar-refractivity contribution in [3.63, 3.8) is 0 Å². The zero-order valence-electron chi connectivity index (χ0n) is 13.6. The van der Waals surface area contributed by atoms with E-state index in [9.17, 15) is 4.79 Å². The summed E-state index contributed by atoms with van der Waals surface area (Å²) >= 11 is 0. The van der Waals surface area contributed by atoms with E-state index < -0.39 is 0 Å². The number of nitrogens with one attached hydrogen (secondary N) is 1. The summed E-state index contributed by atoms with van der Waals surface area (Å²) in [7, 11) is 0. The lowest BCUT2D eigenvalue weighted by molar-refractivity contribution is -0.122. The van der Waals surface area contributed by atoms with E-state index in [1.54, 1.807) is 0 Å². The van der Waals surface area contributed by atoms with Crippen LogP contribution in [0, 0.1) is 5.92 Å². The quantitative estimate of drug-likeness (QED) is 0.861. The van der Waals surface area contributed by atoms with Gasteiger partial charge in [0.25, 0.3) is 0 Å². The fourth-order valence-corrected chi connectivity index (χ4v) is 3.03. The van der Waals surface area contributed by atoms with E-state index in [-0.39, 0.29) is 11.4 Å². The molecular formula is C20H24N2O. The van der Waals surface area contributed by atoms with Crippen LogP contribution in [0.2, 0.25) is 0 Å². The standard InChI is InChI=1S/C20H24N2O/c1-20(14-21,18-11-12-18)22-19(23)13-15-7-9-17(10-8-15)16-5-3-2-4-6-16/h2-10,18H,11-14,21H2,1H3,(H,22,23). The minimum atomic E-state index is -0.249. The average Bonchev–Trinajstić information content (AvgIpc) is 3.41. The third-order valence-electron chi connectivity index (χ3n) is 4.75. The first-order valence-corrected chi connectivity index (χ1v) is 8.26. The number of hydrogen-bond acceptors (Lipinski definition) is 2. The van der Waals surface area contributed by atoms with Gasteiger partial charge in [-0.05, 0) is 42.4 Å². The lowest BCUT2D eigenvalue weighted by atomic mass is 9.95. The molecule has 1 atom stereocenters. The first-order chi connectivity index (χ1) is 11.1. The summed E-state index contributed by atoms with van der Waals surface area (Å²) in [4.78, 5) is 12.3. The van der Waals surface area contributed by atoms with Crippen LogP contribution in [0.15, 0.2) is 54.6 Å². The van der Waals surface area contributed by atoms with Gasteiger partial charge in [0.15, 0.2) is 0 Å². The van der Waals surface area contributed by atoms with Crippen LogP contribution in [-0.4, -0.2) is 18.0 Å². The summed E-state index contributed by atoms with van der Waals surface area (Å²) < 4.78 is 0. The number of hydrogen-bond donors (Lipinski definition) is 2. The molecule has 1 aliphatic rings. The van der Waals surface area contributed by atoms with Gasteiger partial charge in [-0.25, -0.2) is 0 Å². The topological polar surface area (TPSA) is 55.1 Å². The predicted octanol–water partition coefficient (Wildman–Crippen LogP) is 3.14. The number of amides is 1. The molecule has 0 aliphatic heterocycles. The first-order valence-electron chi connectivity index (χ1n) is 8.26. The Kier molecular flexibility index (Phi) is 4.49. The van der Waals surface area contributed by atoms with Crippen molar-refractivity contribution < 1.29 is 4.79 Å². The van der Waals surface area contributed by atoms with Crippen LogP contribution < -0.4 is 11.1 Å². The van der Waals surface area contributed by atoms with Crippen LogP contribution in [0.4, 0.5) is 0 Å². The predicted molar refractivity (Wildman–Crippen MR) is 93.9 cm³/mol. The Bertz CT molecular complexity index is 662. The van der Waals surface area contributed by atoms with Crippen LogP contribution in [0.1, 0.15) is 25.3 Å². The summed E-state index contributed by atoms with van der Waals surface area (Å²) in [5.74, 6) is 0.592. The van der Waals surface area contributed by atoms with E-state index in [0.717, 1.165) is 5.56 Å². The maximum Gasteiger partial charge on any atom is 0.224 e. The molecule has 1 saturated carbocycles. The molecule has 0 radical (unpaired) electrons. The largest absolute Gasteiger partial charge is 0.349 e. The summed E-state index contributed by atoms with van der Waals surface area (Å²) in [5, 5.41) is 3.14. The zero-order chi connectivity index (χ0) is 16.3. The normalized spacial score (nSPS) is 16.6. The molecular weight excluding hydrogens is 284 g/mol. The number of carbonyl (C=O) groups is 1. The van der Waals surface area contributed by atoms with Crippen molar-refractivity contribution in [1.29, 1.82) is 0 Å². The van der Waals surface area contributed by atoms with Crippen molar-refractivity contribution in [2.24, 2.45) is 11.7 Å². The number of carbonyl (C=O) groups excluding carboxylic acids is 1. The Labute approximate surface area is 137 Å². The monoisotopic (exact) mass is 308 g/mol. The van der Waals surface area contributed by atoms with Crippen LogP contribution >= 0.6 is 0 Å². The third kappa shape index (κ3) is 3.80. The van der Waals surface area contributed by atoms with Crippen LogP contribution in [0.3, 0.4) is 0 Å². The highest BCUT2D eigenvalue weighted by atomic mass is 16.1. The minimum Gasteiger partial charge on any atom is -0.349 e. The molecule has 3 nitrogen and oxygen atoms in total. The number of benzene rings is 2. The Morgan fingerprint density at radius 1 is 1.09 bits per heavy atom. The molecule has 1 aliphatic carbocycles. The van der Waals surface area contributed by atoms with Gasteiger partial charge in [-0.1, -0.05) is 54.6 Å². The molecule has 1 amide bonds. The fourth-order valence-electron chi connectivity index (χ4n) is 3.03. The summed E-state index contributed by atoms with van der Waals surface area (Å²) in [6.45, 7) is 2.55. The van der Waals surface area contributed by atoms with Crippen molar-refractivity contribution in [2.45, 2.75) is 31.7 Å². The van der Waals surface area contributed by atoms with E-state index in [1.165, 1.54) is 24.0 Å². The molecule has 3 N–H and O–H groups in total. The van der Waals surface area contributed by atoms with Gasteiger partial charge in [0.05, 0.1) is 12.0 Å². The Hall–Kier alpha value is -2.13. The first kappa shape index (κ1) is 15.8. The van der Waals surface area contributed by atoms with Gasteiger partial charge in [-0.2, -0.15) is 0 Å². The number of rotatable bonds is 6. The SMILES string of the molecule is CC(CN)(NC(=O)Cc1ccc(-c2ccccc2)cc1)C1CC1. The smallest absolute Gasteiger partial charge is 0.224 e. The molecule has 2 aromatic rings. The van der Waals surface area contributed by atoms with Gasteiger partial charge in [0.1, 0.15) is 0 Å². The third-order valence-corrected chi connectivity index (χ3v) is 4.75. The molecule has 1 unspecified atom stereocenters. The van der Waals surface area contributed by atoms with Crippen LogP contribution in [-0.2, 0) is 11.2 Å². The Balaban J connectivity index is 1.63. The molecule has 3 rings (SSSR count). The van der Waals surface area contributed by atoms with E-state index >= 15 is 0 Å². The Morgan fingerprint density at radius 3 is 2.26 bits per heavy atom. The van der Waals surface area contributed by atoms with Crippen molar-refractivity contribution in [3.05, 3.63) is 60.2 Å². The second-order valence-corrected chi connectivity index (χ2v) is 6.68. The second-order valence-electron chi connectivity index (χ2n) is 6.68. The van der Waals surface area contributed by atoms with Gasteiger partial charge in [0, 0.05) is 6.54 Å². The molecule has 0 heterocycles. The highest BCUT2D eigenvalue weighted by molar-refractivity contribution is 5.79. The molecule has 23 heavy (non-hydrogen) atoms. The second kappa shape index (κ2) is 6.55.